The lowest BCUT2D eigenvalue weighted by Crippen LogP contribution is -1.99. The highest BCUT2D eigenvalue weighted by Crippen LogP contribution is 2.25. The van der Waals surface area contributed by atoms with Gasteiger partial charge in [0.2, 0.25) is 0 Å². The number of aromatic carboxylic acids is 1. The molecule has 0 fully saturated rings. The minimum Gasteiger partial charge on any atom is -0.478 e. The van der Waals surface area contributed by atoms with Gasteiger partial charge in [0.15, 0.2) is 5.13 Å². The van der Waals surface area contributed by atoms with Gasteiger partial charge in [-0.25, -0.2) is 9.78 Å². The highest BCUT2D eigenvalue weighted by atomic mass is 79.9. The van der Waals surface area contributed by atoms with E-state index >= 15 is 0 Å². The van der Waals surface area contributed by atoms with E-state index in [0.29, 0.717) is 10.2 Å². The van der Waals surface area contributed by atoms with Crippen LogP contribution in [0.25, 0.3) is 0 Å². The zero-order valence-electron chi connectivity index (χ0n) is 9.61. The molecule has 18 heavy (non-hydrogen) atoms. The second-order valence-electron chi connectivity index (χ2n) is 3.62. The molecule has 0 bridgehead atoms. The predicted octanol–water partition coefficient (Wildman–Crippen LogP) is 3.91. The molecule has 0 aliphatic carbocycles. The Morgan fingerprint density at radius 2 is 2.33 bits per heavy atom. The van der Waals surface area contributed by atoms with Gasteiger partial charge in [-0.3, -0.25) is 0 Å². The summed E-state index contributed by atoms with van der Waals surface area (Å²) < 4.78 is 0.564. The minimum atomic E-state index is -0.959. The van der Waals surface area contributed by atoms with Crippen LogP contribution >= 0.6 is 27.3 Å². The lowest BCUT2D eigenvalue weighted by atomic mass is 10.2. The Balaban J connectivity index is 2.24. The molecule has 0 radical (unpaired) electrons. The van der Waals surface area contributed by atoms with Crippen LogP contribution in [0.15, 0.2) is 28.1 Å². The Bertz CT molecular complexity index is 583. The molecule has 1 aromatic carbocycles. The fourth-order valence-electron chi connectivity index (χ4n) is 1.42. The SMILES string of the molecule is CCc1csc(Nc2ccc(Br)c(C(=O)O)c2)n1. The van der Waals surface area contributed by atoms with Crippen molar-refractivity contribution in [2.75, 3.05) is 5.32 Å². The molecule has 2 rings (SSSR count). The number of hydrogen-bond donors (Lipinski definition) is 2. The van der Waals surface area contributed by atoms with E-state index in [2.05, 4.69) is 26.2 Å². The van der Waals surface area contributed by atoms with Gasteiger partial charge in [-0.05, 0) is 40.5 Å². The van der Waals surface area contributed by atoms with Crippen LogP contribution in [0.5, 0.6) is 0 Å². The van der Waals surface area contributed by atoms with Crippen LogP contribution in [-0.4, -0.2) is 16.1 Å². The molecule has 0 atom stereocenters. The van der Waals surface area contributed by atoms with E-state index in [-0.39, 0.29) is 5.56 Å². The number of halogens is 1. The van der Waals surface area contributed by atoms with Gasteiger partial charge in [-0.1, -0.05) is 6.92 Å². The van der Waals surface area contributed by atoms with E-state index in [9.17, 15) is 4.79 Å². The first kappa shape index (κ1) is 13.0. The van der Waals surface area contributed by atoms with E-state index in [1.807, 2.05) is 18.4 Å². The first-order valence-electron chi connectivity index (χ1n) is 5.34. The standard InChI is InChI=1S/C12H11BrN2O2S/c1-2-7-6-18-12(14-7)15-8-3-4-10(13)9(5-8)11(16)17/h3-6H,2H2,1H3,(H,14,15)(H,16,17). The number of carbonyl (C=O) groups is 1. The van der Waals surface area contributed by atoms with Crippen LogP contribution in [0.4, 0.5) is 10.8 Å². The second kappa shape index (κ2) is 5.49. The third-order valence-corrected chi connectivity index (χ3v) is 3.86. The molecular weight excluding hydrogens is 316 g/mol. The maximum Gasteiger partial charge on any atom is 0.336 e. The van der Waals surface area contributed by atoms with Crippen molar-refractivity contribution in [2.45, 2.75) is 13.3 Å². The van der Waals surface area contributed by atoms with Crippen LogP contribution in [0, 0.1) is 0 Å². The van der Waals surface area contributed by atoms with E-state index in [0.717, 1.165) is 17.2 Å². The van der Waals surface area contributed by atoms with Crippen LogP contribution in [0.2, 0.25) is 0 Å². The number of anilines is 2. The molecule has 0 unspecified atom stereocenters. The Hall–Kier alpha value is -1.40. The number of carboxylic acid groups (broad SMARTS) is 1. The normalized spacial score (nSPS) is 10.3. The van der Waals surface area contributed by atoms with Gasteiger partial charge in [0.05, 0.1) is 11.3 Å². The summed E-state index contributed by atoms with van der Waals surface area (Å²) >= 11 is 4.72. The molecule has 0 aliphatic rings. The van der Waals surface area contributed by atoms with Gasteiger partial charge < -0.3 is 10.4 Å². The van der Waals surface area contributed by atoms with Crippen LogP contribution in [0.1, 0.15) is 23.0 Å². The van der Waals surface area contributed by atoms with Crippen molar-refractivity contribution in [3.05, 3.63) is 39.3 Å². The smallest absolute Gasteiger partial charge is 0.336 e. The Morgan fingerprint density at radius 1 is 1.56 bits per heavy atom. The largest absolute Gasteiger partial charge is 0.478 e. The Kier molecular flexibility index (Phi) is 3.98. The van der Waals surface area contributed by atoms with Crippen molar-refractivity contribution in [1.82, 2.24) is 4.98 Å². The topological polar surface area (TPSA) is 62.2 Å². The lowest BCUT2D eigenvalue weighted by molar-refractivity contribution is 0.0696. The van der Waals surface area contributed by atoms with E-state index < -0.39 is 5.97 Å². The third kappa shape index (κ3) is 2.88. The molecule has 0 spiro atoms. The van der Waals surface area contributed by atoms with E-state index in [1.165, 1.54) is 11.3 Å². The van der Waals surface area contributed by atoms with Crippen molar-refractivity contribution in [3.8, 4) is 0 Å². The van der Waals surface area contributed by atoms with Crippen molar-refractivity contribution >= 4 is 44.1 Å². The third-order valence-electron chi connectivity index (χ3n) is 2.36. The molecule has 0 saturated carbocycles. The summed E-state index contributed by atoms with van der Waals surface area (Å²) in [5, 5.41) is 14.9. The summed E-state index contributed by atoms with van der Waals surface area (Å²) in [6.45, 7) is 2.04. The first-order chi connectivity index (χ1) is 8.60. The molecule has 94 valence electrons. The van der Waals surface area contributed by atoms with Crippen molar-refractivity contribution in [1.29, 1.82) is 0 Å². The predicted molar refractivity (Wildman–Crippen MR) is 75.9 cm³/mol. The van der Waals surface area contributed by atoms with E-state index in [4.69, 9.17) is 5.11 Å². The van der Waals surface area contributed by atoms with Gasteiger partial charge in [-0.2, -0.15) is 0 Å². The molecule has 0 amide bonds. The summed E-state index contributed by atoms with van der Waals surface area (Å²) in [7, 11) is 0. The highest BCUT2D eigenvalue weighted by Gasteiger charge is 2.09. The number of rotatable bonds is 4. The average molecular weight is 327 g/mol. The molecule has 2 N–H and O–H groups in total. The fourth-order valence-corrected chi connectivity index (χ4v) is 2.65. The number of thiazole rings is 1. The number of aromatic nitrogens is 1. The molecule has 1 aromatic heterocycles. The average Bonchev–Trinajstić information content (AvgIpc) is 2.79. The van der Waals surface area contributed by atoms with Crippen LogP contribution in [-0.2, 0) is 6.42 Å². The quantitative estimate of drug-likeness (QED) is 0.894. The molecule has 0 saturated heterocycles. The lowest BCUT2D eigenvalue weighted by Gasteiger charge is -2.05. The molecule has 4 nitrogen and oxygen atoms in total. The summed E-state index contributed by atoms with van der Waals surface area (Å²) in [5.41, 5.74) is 1.97. The molecule has 2 aromatic rings. The Morgan fingerprint density at radius 3 is 2.94 bits per heavy atom. The van der Waals surface area contributed by atoms with Gasteiger partial charge in [0, 0.05) is 15.5 Å². The molecular formula is C12H11BrN2O2S. The summed E-state index contributed by atoms with van der Waals surface area (Å²) in [5.74, 6) is -0.959. The number of nitrogens with zero attached hydrogens (tertiary/aromatic N) is 1. The van der Waals surface area contributed by atoms with Gasteiger partial charge in [0.25, 0.3) is 0 Å². The fraction of sp³-hybridized carbons (Fsp3) is 0.167. The molecule has 0 aliphatic heterocycles. The zero-order chi connectivity index (χ0) is 13.1. The zero-order valence-corrected chi connectivity index (χ0v) is 12.0. The number of hydrogen-bond acceptors (Lipinski definition) is 4. The molecule has 1 heterocycles. The summed E-state index contributed by atoms with van der Waals surface area (Å²) in [6.07, 6.45) is 0.888. The summed E-state index contributed by atoms with van der Waals surface area (Å²) in [4.78, 5) is 15.4. The maximum absolute atomic E-state index is 11.0. The van der Waals surface area contributed by atoms with Gasteiger partial charge in [-0.15, -0.1) is 11.3 Å². The van der Waals surface area contributed by atoms with Crippen molar-refractivity contribution in [2.24, 2.45) is 0 Å². The van der Waals surface area contributed by atoms with Crippen molar-refractivity contribution < 1.29 is 9.90 Å². The van der Waals surface area contributed by atoms with E-state index in [1.54, 1.807) is 12.1 Å². The van der Waals surface area contributed by atoms with Gasteiger partial charge in [0.1, 0.15) is 0 Å². The highest BCUT2D eigenvalue weighted by molar-refractivity contribution is 9.10. The first-order valence-corrected chi connectivity index (χ1v) is 7.01. The second-order valence-corrected chi connectivity index (χ2v) is 5.33. The monoisotopic (exact) mass is 326 g/mol. The van der Waals surface area contributed by atoms with Crippen LogP contribution < -0.4 is 5.32 Å². The van der Waals surface area contributed by atoms with Crippen molar-refractivity contribution in [3.63, 3.8) is 0 Å². The summed E-state index contributed by atoms with van der Waals surface area (Å²) in [6, 6.07) is 5.10. The van der Waals surface area contributed by atoms with Crippen LogP contribution in [0.3, 0.4) is 0 Å². The number of carboxylic acids is 1. The number of nitrogens with one attached hydrogen (secondary N) is 1. The van der Waals surface area contributed by atoms with Gasteiger partial charge >= 0.3 is 5.97 Å². The maximum atomic E-state index is 11.0. The number of benzene rings is 1. The minimum absolute atomic E-state index is 0.229. The number of aryl methyl sites for hydroxylation is 1. The molecule has 6 heteroatoms. The Labute approximate surface area is 117 Å².